The van der Waals surface area contributed by atoms with Gasteiger partial charge in [0.15, 0.2) is 0 Å². The lowest BCUT2D eigenvalue weighted by Gasteiger charge is -2.34. The maximum absolute atomic E-state index is 13.9. The highest BCUT2D eigenvalue weighted by atomic mass is 79.9. The van der Waals surface area contributed by atoms with Gasteiger partial charge in [-0.15, -0.1) is 0 Å². The van der Waals surface area contributed by atoms with Gasteiger partial charge in [0, 0.05) is 17.1 Å². The molecule has 1 atom stereocenters. The second-order valence-corrected chi connectivity index (χ2v) is 12.7. The molecule has 9 heteroatoms. The van der Waals surface area contributed by atoms with Crippen molar-refractivity contribution in [2.75, 3.05) is 17.1 Å². The Morgan fingerprint density at radius 3 is 2.32 bits per heavy atom. The van der Waals surface area contributed by atoms with Gasteiger partial charge in [-0.3, -0.25) is 13.9 Å². The third-order valence-corrected chi connectivity index (χ3v) is 9.08. The summed E-state index contributed by atoms with van der Waals surface area (Å²) >= 11 is 3.44. The van der Waals surface area contributed by atoms with Gasteiger partial charge >= 0.3 is 0 Å². The number of aryl methyl sites for hydroxylation is 2. The van der Waals surface area contributed by atoms with Gasteiger partial charge in [-0.1, -0.05) is 66.4 Å². The lowest BCUT2D eigenvalue weighted by Crippen LogP contribution is -2.54. The van der Waals surface area contributed by atoms with Gasteiger partial charge in [-0.05, 0) is 68.0 Å². The SMILES string of the molecule is CC[C@H](C(=O)NC1CCCCC1)N(Cc1ccccc1C)C(=O)CN(c1ccc(Br)c(C)c1)S(C)(=O)=O. The smallest absolute Gasteiger partial charge is 0.244 e. The zero-order valence-corrected chi connectivity index (χ0v) is 24.6. The third kappa shape index (κ3) is 7.80. The molecule has 0 spiro atoms. The molecule has 0 radical (unpaired) electrons. The van der Waals surface area contributed by atoms with Crippen molar-refractivity contribution in [3.63, 3.8) is 0 Å². The van der Waals surface area contributed by atoms with Crippen LogP contribution in [-0.2, 0) is 26.2 Å². The summed E-state index contributed by atoms with van der Waals surface area (Å²) in [4.78, 5) is 28.9. The topological polar surface area (TPSA) is 86.8 Å². The Morgan fingerprint density at radius 1 is 1.05 bits per heavy atom. The van der Waals surface area contributed by atoms with Crippen LogP contribution in [0.4, 0.5) is 5.69 Å². The van der Waals surface area contributed by atoms with Crippen molar-refractivity contribution in [2.24, 2.45) is 0 Å². The van der Waals surface area contributed by atoms with Gasteiger partial charge in [0.2, 0.25) is 21.8 Å². The van der Waals surface area contributed by atoms with Crippen LogP contribution in [0.1, 0.15) is 62.1 Å². The fraction of sp³-hybridized carbons (Fsp3) is 0.500. The average molecular weight is 593 g/mol. The van der Waals surface area contributed by atoms with Crippen LogP contribution in [-0.4, -0.2) is 50.0 Å². The molecule has 0 heterocycles. The standard InChI is InChI=1S/C28H38BrN3O4S/c1-5-26(28(34)30-23-13-7-6-8-14-23)31(18-22-12-10-9-11-20(22)2)27(33)19-32(37(4,35)36)24-15-16-25(29)21(3)17-24/h9-12,15-17,23,26H,5-8,13-14,18-19H2,1-4H3,(H,30,34)/t26-/m1/s1. The van der Waals surface area contributed by atoms with Crippen LogP contribution in [0, 0.1) is 13.8 Å². The first-order chi connectivity index (χ1) is 17.5. The highest BCUT2D eigenvalue weighted by molar-refractivity contribution is 9.10. The Balaban J connectivity index is 1.93. The molecule has 0 bridgehead atoms. The van der Waals surface area contributed by atoms with Crippen LogP contribution in [0.15, 0.2) is 46.9 Å². The molecule has 0 aromatic heterocycles. The lowest BCUT2D eigenvalue weighted by atomic mass is 9.95. The van der Waals surface area contributed by atoms with E-state index in [0.717, 1.165) is 57.4 Å². The Morgan fingerprint density at radius 2 is 1.73 bits per heavy atom. The maximum atomic E-state index is 13.9. The fourth-order valence-electron chi connectivity index (χ4n) is 4.83. The van der Waals surface area contributed by atoms with Crippen molar-refractivity contribution in [3.8, 4) is 0 Å². The van der Waals surface area contributed by atoms with Crippen molar-refractivity contribution < 1.29 is 18.0 Å². The average Bonchev–Trinajstić information content (AvgIpc) is 2.85. The first-order valence-corrected chi connectivity index (χ1v) is 15.5. The summed E-state index contributed by atoms with van der Waals surface area (Å²) in [5.74, 6) is -0.596. The number of anilines is 1. The predicted octanol–water partition coefficient (Wildman–Crippen LogP) is 5.09. The summed E-state index contributed by atoms with van der Waals surface area (Å²) in [7, 11) is -3.76. The molecule has 0 aliphatic heterocycles. The fourth-order valence-corrected chi connectivity index (χ4v) is 5.92. The van der Waals surface area contributed by atoms with Gasteiger partial charge in [0.05, 0.1) is 11.9 Å². The Labute approximate surface area is 229 Å². The molecule has 1 fully saturated rings. The van der Waals surface area contributed by atoms with E-state index in [1.165, 1.54) is 6.42 Å². The molecule has 7 nitrogen and oxygen atoms in total. The summed E-state index contributed by atoms with van der Waals surface area (Å²) in [5, 5.41) is 3.16. The number of hydrogen-bond acceptors (Lipinski definition) is 4. The van der Waals surface area contributed by atoms with Gasteiger partial charge in [0.25, 0.3) is 0 Å². The number of halogens is 1. The molecular weight excluding hydrogens is 554 g/mol. The van der Waals surface area contributed by atoms with Gasteiger partial charge in [-0.25, -0.2) is 8.42 Å². The number of carbonyl (C=O) groups excluding carboxylic acids is 2. The molecule has 0 saturated heterocycles. The van der Waals surface area contributed by atoms with E-state index in [9.17, 15) is 18.0 Å². The summed E-state index contributed by atoms with van der Waals surface area (Å²) in [5.41, 5.74) is 3.19. The largest absolute Gasteiger partial charge is 0.352 e. The monoisotopic (exact) mass is 591 g/mol. The molecule has 1 N–H and O–H groups in total. The molecule has 0 unspecified atom stereocenters. The molecule has 3 rings (SSSR count). The molecule has 202 valence electrons. The predicted molar refractivity (Wildman–Crippen MR) is 152 cm³/mol. The van der Waals surface area contributed by atoms with E-state index in [1.54, 1.807) is 23.1 Å². The van der Waals surface area contributed by atoms with E-state index >= 15 is 0 Å². The Hall–Kier alpha value is -2.39. The quantitative estimate of drug-likeness (QED) is 0.417. The second-order valence-electron chi connectivity index (χ2n) is 9.92. The van der Waals surface area contributed by atoms with E-state index < -0.39 is 22.0 Å². The van der Waals surface area contributed by atoms with E-state index in [1.807, 2.05) is 45.0 Å². The molecule has 37 heavy (non-hydrogen) atoms. The summed E-state index contributed by atoms with van der Waals surface area (Å²) in [6.07, 6.45) is 6.76. The summed E-state index contributed by atoms with van der Waals surface area (Å²) in [6, 6.07) is 12.3. The van der Waals surface area contributed by atoms with Crippen molar-refractivity contribution in [1.29, 1.82) is 0 Å². The molecule has 1 aliphatic carbocycles. The zero-order chi connectivity index (χ0) is 27.2. The minimum Gasteiger partial charge on any atom is -0.352 e. The minimum absolute atomic E-state index is 0.115. The number of nitrogens with zero attached hydrogens (tertiary/aromatic N) is 2. The maximum Gasteiger partial charge on any atom is 0.244 e. The minimum atomic E-state index is -3.76. The molecule has 2 aromatic rings. The number of sulfonamides is 1. The number of amides is 2. The number of nitrogens with one attached hydrogen (secondary N) is 1. The van der Waals surface area contributed by atoms with Crippen LogP contribution >= 0.6 is 15.9 Å². The summed E-state index contributed by atoms with van der Waals surface area (Å²) in [6.45, 7) is 5.55. The normalized spacial score (nSPS) is 15.2. The van der Waals surface area contributed by atoms with E-state index in [-0.39, 0.29) is 25.0 Å². The molecule has 1 aliphatic rings. The lowest BCUT2D eigenvalue weighted by molar-refractivity contribution is -0.140. The first-order valence-electron chi connectivity index (χ1n) is 12.9. The van der Waals surface area contributed by atoms with E-state index in [2.05, 4.69) is 21.2 Å². The second kappa shape index (κ2) is 12.9. The van der Waals surface area contributed by atoms with Gasteiger partial charge in [-0.2, -0.15) is 0 Å². The van der Waals surface area contributed by atoms with Gasteiger partial charge < -0.3 is 10.2 Å². The van der Waals surface area contributed by atoms with Crippen LogP contribution < -0.4 is 9.62 Å². The van der Waals surface area contributed by atoms with Crippen LogP contribution in [0.5, 0.6) is 0 Å². The first kappa shape index (κ1) is 29.2. The van der Waals surface area contributed by atoms with Crippen molar-refractivity contribution >= 4 is 43.5 Å². The number of carbonyl (C=O) groups is 2. The van der Waals surface area contributed by atoms with Crippen molar-refractivity contribution in [1.82, 2.24) is 10.2 Å². The van der Waals surface area contributed by atoms with Crippen LogP contribution in [0.25, 0.3) is 0 Å². The van der Waals surface area contributed by atoms with Crippen LogP contribution in [0.3, 0.4) is 0 Å². The van der Waals surface area contributed by atoms with Gasteiger partial charge in [0.1, 0.15) is 12.6 Å². The van der Waals surface area contributed by atoms with Crippen molar-refractivity contribution in [2.45, 2.75) is 77.9 Å². The van der Waals surface area contributed by atoms with E-state index in [0.29, 0.717) is 12.1 Å². The van der Waals surface area contributed by atoms with Crippen LogP contribution in [0.2, 0.25) is 0 Å². The highest BCUT2D eigenvalue weighted by Crippen LogP contribution is 2.26. The number of hydrogen-bond donors (Lipinski definition) is 1. The molecular formula is C28H38BrN3O4S. The molecule has 1 saturated carbocycles. The van der Waals surface area contributed by atoms with E-state index in [4.69, 9.17) is 0 Å². The Bertz CT molecular complexity index is 1210. The number of benzene rings is 2. The molecule has 2 amide bonds. The molecule has 2 aromatic carbocycles. The van der Waals surface area contributed by atoms with Crippen molar-refractivity contribution in [3.05, 3.63) is 63.6 Å². The zero-order valence-electron chi connectivity index (χ0n) is 22.2. The highest BCUT2D eigenvalue weighted by Gasteiger charge is 2.33. The Kier molecular flexibility index (Phi) is 10.2. The number of rotatable bonds is 10. The summed E-state index contributed by atoms with van der Waals surface area (Å²) < 4.78 is 27.6. The third-order valence-electron chi connectivity index (χ3n) is 7.05.